The Hall–Kier alpha value is -1.29. The van der Waals surface area contributed by atoms with Crippen molar-refractivity contribution in [3.8, 4) is 11.1 Å². The van der Waals surface area contributed by atoms with E-state index in [1.165, 1.54) is 0 Å². The summed E-state index contributed by atoms with van der Waals surface area (Å²) in [5.74, 6) is -0.933. The van der Waals surface area contributed by atoms with Crippen molar-refractivity contribution in [2.24, 2.45) is 0 Å². The first-order valence-corrected chi connectivity index (χ1v) is 6.42. The number of hydrogen-bond donors (Lipinski definition) is 1. The fraction of sp³-hybridized carbons (Fsp3) is 0.0769. The molecule has 3 nitrogen and oxygen atoms in total. The van der Waals surface area contributed by atoms with Crippen LogP contribution in [0.5, 0.6) is 0 Å². The van der Waals surface area contributed by atoms with Gasteiger partial charge in [-0.3, -0.25) is 9.78 Å². The molecular formula is C13H8Cl3NO2. The molecule has 2 rings (SSSR count). The molecule has 6 heteroatoms. The van der Waals surface area contributed by atoms with Gasteiger partial charge in [0.1, 0.15) is 0 Å². The highest BCUT2D eigenvalue weighted by molar-refractivity contribution is 6.48. The lowest BCUT2D eigenvalue weighted by molar-refractivity contribution is -0.136. The topological polar surface area (TPSA) is 50.2 Å². The Morgan fingerprint density at radius 1 is 1.11 bits per heavy atom. The number of nitrogens with zero attached hydrogens (tertiary/aromatic N) is 1. The summed E-state index contributed by atoms with van der Waals surface area (Å²) in [5.41, 5.74) is 2.01. The monoisotopic (exact) mass is 315 g/mol. The fourth-order valence-electron chi connectivity index (χ4n) is 1.63. The average molecular weight is 317 g/mol. The van der Waals surface area contributed by atoms with E-state index >= 15 is 0 Å². The molecule has 0 amide bonds. The van der Waals surface area contributed by atoms with Crippen LogP contribution in [0.25, 0.3) is 11.1 Å². The maximum absolute atomic E-state index is 10.7. The van der Waals surface area contributed by atoms with Crippen molar-refractivity contribution >= 4 is 40.8 Å². The number of pyridine rings is 1. The number of aliphatic carboxylic acids is 1. The third kappa shape index (κ3) is 3.38. The number of aromatic nitrogens is 1. The molecule has 0 aliphatic carbocycles. The summed E-state index contributed by atoms with van der Waals surface area (Å²) in [7, 11) is 0. The Bertz CT molecular complexity index is 621. The molecule has 0 saturated carbocycles. The molecule has 1 aromatic carbocycles. The first-order chi connectivity index (χ1) is 8.97. The quantitative estimate of drug-likeness (QED) is 0.857. The summed E-state index contributed by atoms with van der Waals surface area (Å²) in [4.78, 5) is 14.7. The maximum atomic E-state index is 10.7. The largest absolute Gasteiger partial charge is 0.481 e. The highest BCUT2D eigenvalue weighted by atomic mass is 35.5. The first-order valence-electron chi connectivity index (χ1n) is 5.29. The van der Waals surface area contributed by atoms with Crippen LogP contribution in [-0.2, 0) is 11.2 Å². The molecule has 0 aliphatic rings. The van der Waals surface area contributed by atoms with Gasteiger partial charge in [-0.05, 0) is 35.4 Å². The van der Waals surface area contributed by atoms with E-state index in [0.717, 1.165) is 11.1 Å². The standard InChI is InChI=1S/C13H8Cl3NO2/c14-10-4-8(5-11(15)13(10)16)7-1-2-17-9(3-7)6-12(18)19/h1-5H,6H2,(H,18,19). The van der Waals surface area contributed by atoms with Gasteiger partial charge >= 0.3 is 5.97 Å². The van der Waals surface area contributed by atoms with Crippen LogP contribution >= 0.6 is 34.8 Å². The minimum atomic E-state index is -0.933. The Morgan fingerprint density at radius 2 is 1.74 bits per heavy atom. The number of rotatable bonds is 3. The normalized spacial score (nSPS) is 10.5. The van der Waals surface area contributed by atoms with Gasteiger partial charge in [-0.2, -0.15) is 0 Å². The third-order valence-corrected chi connectivity index (χ3v) is 3.66. The molecule has 0 spiro atoms. The molecule has 1 aromatic heterocycles. The summed E-state index contributed by atoms with van der Waals surface area (Å²) in [6, 6.07) is 6.79. The van der Waals surface area contributed by atoms with Crippen LogP contribution in [0.1, 0.15) is 5.69 Å². The second-order valence-corrected chi connectivity index (χ2v) is 5.05. The molecule has 0 aliphatic heterocycles. The van der Waals surface area contributed by atoms with Gasteiger partial charge in [0.05, 0.1) is 27.2 Å². The molecule has 0 unspecified atom stereocenters. The van der Waals surface area contributed by atoms with Crippen LogP contribution in [-0.4, -0.2) is 16.1 Å². The lowest BCUT2D eigenvalue weighted by Gasteiger charge is -2.07. The van der Waals surface area contributed by atoms with E-state index in [1.807, 2.05) is 0 Å². The van der Waals surface area contributed by atoms with Crippen LogP contribution in [0.4, 0.5) is 0 Å². The summed E-state index contributed by atoms with van der Waals surface area (Å²) >= 11 is 17.8. The minimum absolute atomic E-state index is 0.136. The van der Waals surface area contributed by atoms with Gasteiger partial charge in [-0.15, -0.1) is 0 Å². The first kappa shape index (κ1) is 14.1. The summed E-state index contributed by atoms with van der Waals surface area (Å²) in [5, 5.41) is 9.75. The predicted octanol–water partition coefficient (Wildman–Crippen LogP) is 4.34. The van der Waals surface area contributed by atoms with E-state index in [-0.39, 0.29) is 6.42 Å². The molecular weight excluding hydrogens is 309 g/mol. The van der Waals surface area contributed by atoms with Gasteiger partial charge in [0, 0.05) is 6.20 Å². The molecule has 19 heavy (non-hydrogen) atoms. The lowest BCUT2D eigenvalue weighted by Crippen LogP contribution is -2.02. The van der Waals surface area contributed by atoms with E-state index < -0.39 is 5.97 Å². The van der Waals surface area contributed by atoms with Crippen molar-refractivity contribution in [3.63, 3.8) is 0 Å². The number of carbonyl (C=O) groups is 1. The van der Waals surface area contributed by atoms with Crippen LogP contribution in [0.15, 0.2) is 30.5 Å². The molecule has 0 bridgehead atoms. The fourth-order valence-corrected chi connectivity index (χ4v) is 2.23. The van der Waals surface area contributed by atoms with E-state index in [2.05, 4.69) is 4.98 Å². The summed E-state index contributed by atoms with van der Waals surface area (Å²) < 4.78 is 0. The van der Waals surface area contributed by atoms with Crippen molar-refractivity contribution in [2.75, 3.05) is 0 Å². The molecule has 1 N–H and O–H groups in total. The molecule has 0 fully saturated rings. The Kier molecular flexibility index (Phi) is 4.30. The van der Waals surface area contributed by atoms with E-state index in [1.54, 1.807) is 30.5 Å². The Morgan fingerprint density at radius 3 is 2.32 bits per heavy atom. The van der Waals surface area contributed by atoms with Gasteiger partial charge in [-0.1, -0.05) is 34.8 Å². The molecule has 1 heterocycles. The number of carboxylic acids is 1. The zero-order valence-electron chi connectivity index (χ0n) is 9.53. The van der Waals surface area contributed by atoms with Crippen LogP contribution < -0.4 is 0 Å². The van der Waals surface area contributed by atoms with E-state index in [4.69, 9.17) is 39.9 Å². The SMILES string of the molecule is O=C(O)Cc1cc(-c2cc(Cl)c(Cl)c(Cl)c2)ccn1. The van der Waals surface area contributed by atoms with Crippen LogP contribution in [0.3, 0.4) is 0 Å². The van der Waals surface area contributed by atoms with Crippen LogP contribution in [0.2, 0.25) is 15.1 Å². The Balaban J connectivity index is 2.44. The molecule has 0 saturated heterocycles. The highest BCUT2D eigenvalue weighted by Crippen LogP contribution is 2.35. The highest BCUT2D eigenvalue weighted by Gasteiger charge is 2.09. The molecule has 98 valence electrons. The number of halogens is 3. The van der Waals surface area contributed by atoms with Crippen molar-refractivity contribution in [1.82, 2.24) is 4.98 Å². The van der Waals surface area contributed by atoms with Gasteiger partial charge in [0.25, 0.3) is 0 Å². The molecule has 2 aromatic rings. The van der Waals surface area contributed by atoms with E-state index in [0.29, 0.717) is 20.8 Å². The lowest BCUT2D eigenvalue weighted by atomic mass is 10.1. The number of carboxylic acid groups (broad SMARTS) is 1. The summed E-state index contributed by atoms with van der Waals surface area (Å²) in [6.45, 7) is 0. The second kappa shape index (κ2) is 5.78. The van der Waals surface area contributed by atoms with Crippen molar-refractivity contribution < 1.29 is 9.90 Å². The van der Waals surface area contributed by atoms with Crippen molar-refractivity contribution in [1.29, 1.82) is 0 Å². The van der Waals surface area contributed by atoms with Crippen LogP contribution in [0, 0.1) is 0 Å². The Labute approximate surface area is 124 Å². The van der Waals surface area contributed by atoms with Gasteiger partial charge < -0.3 is 5.11 Å². The van der Waals surface area contributed by atoms with Gasteiger partial charge in [0.2, 0.25) is 0 Å². The zero-order chi connectivity index (χ0) is 14.0. The number of hydrogen-bond acceptors (Lipinski definition) is 2. The average Bonchev–Trinajstić information content (AvgIpc) is 2.35. The minimum Gasteiger partial charge on any atom is -0.481 e. The van der Waals surface area contributed by atoms with Gasteiger partial charge in [-0.25, -0.2) is 0 Å². The van der Waals surface area contributed by atoms with Crippen molar-refractivity contribution in [3.05, 3.63) is 51.2 Å². The second-order valence-electron chi connectivity index (χ2n) is 3.86. The predicted molar refractivity (Wildman–Crippen MR) is 76.0 cm³/mol. The summed E-state index contributed by atoms with van der Waals surface area (Å²) in [6.07, 6.45) is 1.41. The third-order valence-electron chi connectivity index (χ3n) is 2.47. The zero-order valence-corrected chi connectivity index (χ0v) is 11.8. The maximum Gasteiger partial charge on any atom is 0.309 e. The smallest absolute Gasteiger partial charge is 0.309 e. The number of benzene rings is 1. The van der Waals surface area contributed by atoms with Gasteiger partial charge in [0.15, 0.2) is 0 Å². The molecule has 0 radical (unpaired) electrons. The molecule has 0 atom stereocenters. The van der Waals surface area contributed by atoms with Crippen molar-refractivity contribution in [2.45, 2.75) is 6.42 Å². The van der Waals surface area contributed by atoms with E-state index in [9.17, 15) is 4.79 Å².